The van der Waals surface area contributed by atoms with Crippen LogP contribution in [0.3, 0.4) is 0 Å². The standard InChI is InChI=1S/C12H12BrN3S/c1-14-11-4-10(8-5-17-6-9(8)13)15-12(16-11)7-2-3-7/h4-7H,2-3H2,1H3,(H,14,15,16). The Morgan fingerprint density at radius 2 is 2.18 bits per heavy atom. The summed E-state index contributed by atoms with van der Waals surface area (Å²) in [5, 5.41) is 7.30. The van der Waals surface area contributed by atoms with Crippen molar-refractivity contribution in [2.45, 2.75) is 18.8 Å². The van der Waals surface area contributed by atoms with Crippen molar-refractivity contribution in [1.29, 1.82) is 0 Å². The molecule has 1 aliphatic rings. The SMILES string of the molecule is CNc1cc(-c2cscc2Br)nc(C2CC2)n1. The van der Waals surface area contributed by atoms with Crippen LogP contribution < -0.4 is 5.32 Å². The van der Waals surface area contributed by atoms with E-state index in [2.05, 4.69) is 42.0 Å². The number of halogens is 1. The van der Waals surface area contributed by atoms with Crippen LogP contribution in [0.25, 0.3) is 11.3 Å². The van der Waals surface area contributed by atoms with Crippen molar-refractivity contribution >= 4 is 33.1 Å². The zero-order valence-corrected chi connectivity index (χ0v) is 11.8. The van der Waals surface area contributed by atoms with Gasteiger partial charge in [0, 0.05) is 39.8 Å². The first kappa shape index (κ1) is 11.2. The highest BCUT2D eigenvalue weighted by Gasteiger charge is 2.27. The molecule has 88 valence electrons. The summed E-state index contributed by atoms with van der Waals surface area (Å²) < 4.78 is 1.10. The Morgan fingerprint density at radius 3 is 2.76 bits per heavy atom. The lowest BCUT2D eigenvalue weighted by Gasteiger charge is -2.06. The van der Waals surface area contributed by atoms with Crippen LogP contribution >= 0.6 is 27.3 Å². The summed E-state index contributed by atoms with van der Waals surface area (Å²) in [4.78, 5) is 9.19. The average Bonchev–Trinajstić information content (AvgIpc) is 3.11. The normalized spacial score (nSPS) is 14.9. The van der Waals surface area contributed by atoms with Gasteiger partial charge in [0.05, 0.1) is 5.69 Å². The largest absolute Gasteiger partial charge is 0.373 e. The van der Waals surface area contributed by atoms with E-state index in [4.69, 9.17) is 0 Å². The van der Waals surface area contributed by atoms with E-state index >= 15 is 0 Å². The van der Waals surface area contributed by atoms with Crippen molar-refractivity contribution in [2.24, 2.45) is 0 Å². The lowest BCUT2D eigenvalue weighted by Crippen LogP contribution is -2.00. The Morgan fingerprint density at radius 1 is 1.35 bits per heavy atom. The number of aromatic nitrogens is 2. The minimum Gasteiger partial charge on any atom is -0.373 e. The fourth-order valence-electron chi connectivity index (χ4n) is 1.72. The lowest BCUT2D eigenvalue weighted by molar-refractivity contribution is 0.932. The van der Waals surface area contributed by atoms with E-state index in [0.717, 1.165) is 27.4 Å². The van der Waals surface area contributed by atoms with Gasteiger partial charge in [-0.3, -0.25) is 0 Å². The molecule has 0 atom stereocenters. The highest BCUT2D eigenvalue weighted by Crippen LogP contribution is 2.40. The first-order valence-corrected chi connectivity index (χ1v) is 7.30. The van der Waals surface area contributed by atoms with E-state index < -0.39 is 0 Å². The maximum absolute atomic E-state index is 4.67. The zero-order chi connectivity index (χ0) is 11.8. The van der Waals surface area contributed by atoms with Gasteiger partial charge < -0.3 is 5.32 Å². The number of nitrogens with one attached hydrogen (secondary N) is 1. The molecule has 0 radical (unpaired) electrons. The summed E-state index contributed by atoms with van der Waals surface area (Å²) in [5.74, 6) is 2.44. The second kappa shape index (κ2) is 4.38. The molecule has 0 unspecified atom stereocenters. The predicted octanol–water partition coefficient (Wildman–Crippen LogP) is 3.89. The summed E-state index contributed by atoms with van der Waals surface area (Å²) in [7, 11) is 1.89. The molecule has 3 nitrogen and oxygen atoms in total. The molecule has 0 spiro atoms. The molecular formula is C12H12BrN3S. The van der Waals surface area contributed by atoms with Gasteiger partial charge in [-0.15, -0.1) is 0 Å². The highest BCUT2D eigenvalue weighted by atomic mass is 79.9. The number of rotatable bonds is 3. The van der Waals surface area contributed by atoms with Crippen molar-refractivity contribution in [2.75, 3.05) is 12.4 Å². The molecular weight excluding hydrogens is 298 g/mol. The van der Waals surface area contributed by atoms with Gasteiger partial charge in [0.2, 0.25) is 0 Å². The van der Waals surface area contributed by atoms with Gasteiger partial charge in [0.25, 0.3) is 0 Å². The Balaban J connectivity index is 2.09. The molecule has 0 aromatic carbocycles. The second-order valence-electron chi connectivity index (χ2n) is 4.15. The summed E-state index contributed by atoms with van der Waals surface area (Å²) in [6.45, 7) is 0. The molecule has 3 rings (SSSR count). The molecule has 0 bridgehead atoms. The number of nitrogens with zero attached hydrogens (tertiary/aromatic N) is 2. The van der Waals surface area contributed by atoms with Crippen LogP contribution in [0.15, 0.2) is 21.3 Å². The summed E-state index contributed by atoms with van der Waals surface area (Å²) in [5.41, 5.74) is 2.15. The van der Waals surface area contributed by atoms with Gasteiger partial charge in [-0.05, 0) is 28.8 Å². The second-order valence-corrected chi connectivity index (χ2v) is 5.75. The van der Waals surface area contributed by atoms with Crippen molar-refractivity contribution in [1.82, 2.24) is 9.97 Å². The molecule has 0 aliphatic heterocycles. The minimum absolute atomic E-state index is 0.569. The van der Waals surface area contributed by atoms with E-state index in [1.54, 1.807) is 11.3 Å². The van der Waals surface area contributed by atoms with Gasteiger partial charge in [-0.2, -0.15) is 11.3 Å². The van der Waals surface area contributed by atoms with Crippen LogP contribution in [0.2, 0.25) is 0 Å². The summed E-state index contributed by atoms with van der Waals surface area (Å²) >= 11 is 5.23. The van der Waals surface area contributed by atoms with Gasteiger partial charge in [-0.1, -0.05) is 0 Å². The molecule has 1 N–H and O–H groups in total. The number of anilines is 1. The maximum atomic E-state index is 4.67. The Kier molecular flexibility index (Phi) is 2.88. The van der Waals surface area contributed by atoms with Crippen molar-refractivity contribution in [3.05, 3.63) is 27.1 Å². The van der Waals surface area contributed by atoms with Crippen molar-refractivity contribution < 1.29 is 0 Å². The van der Waals surface area contributed by atoms with Crippen LogP contribution in [-0.4, -0.2) is 17.0 Å². The quantitative estimate of drug-likeness (QED) is 0.934. The third-order valence-corrected chi connectivity index (χ3v) is 4.54. The fourth-order valence-corrected chi connectivity index (χ4v) is 3.21. The fraction of sp³-hybridized carbons (Fsp3) is 0.333. The first-order chi connectivity index (χ1) is 8.28. The van der Waals surface area contributed by atoms with E-state index in [0.29, 0.717) is 5.92 Å². The minimum atomic E-state index is 0.569. The monoisotopic (exact) mass is 309 g/mol. The van der Waals surface area contributed by atoms with Gasteiger partial charge in [0.1, 0.15) is 11.6 Å². The van der Waals surface area contributed by atoms with E-state index in [1.807, 2.05) is 13.1 Å². The third-order valence-electron chi connectivity index (χ3n) is 2.83. The van der Waals surface area contributed by atoms with Crippen LogP contribution in [-0.2, 0) is 0 Å². The Labute approximate surface area is 112 Å². The van der Waals surface area contributed by atoms with Crippen LogP contribution in [0.1, 0.15) is 24.6 Å². The average molecular weight is 310 g/mol. The molecule has 0 amide bonds. The van der Waals surface area contributed by atoms with Crippen molar-refractivity contribution in [3.63, 3.8) is 0 Å². The number of hydrogen-bond acceptors (Lipinski definition) is 4. The lowest BCUT2D eigenvalue weighted by atomic mass is 10.2. The molecule has 2 aromatic heterocycles. The topological polar surface area (TPSA) is 37.8 Å². The maximum Gasteiger partial charge on any atom is 0.134 e. The highest BCUT2D eigenvalue weighted by molar-refractivity contribution is 9.10. The van der Waals surface area contributed by atoms with Crippen LogP contribution in [0.4, 0.5) is 5.82 Å². The molecule has 1 fully saturated rings. The first-order valence-electron chi connectivity index (χ1n) is 5.56. The van der Waals surface area contributed by atoms with Crippen LogP contribution in [0, 0.1) is 0 Å². The van der Waals surface area contributed by atoms with Gasteiger partial charge in [0.15, 0.2) is 0 Å². The Hall–Kier alpha value is -0.940. The molecule has 1 saturated carbocycles. The number of thiophene rings is 1. The van der Waals surface area contributed by atoms with Crippen molar-refractivity contribution in [3.8, 4) is 11.3 Å². The molecule has 5 heteroatoms. The smallest absolute Gasteiger partial charge is 0.134 e. The summed E-state index contributed by atoms with van der Waals surface area (Å²) in [6.07, 6.45) is 2.44. The predicted molar refractivity (Wildman–Crippen MR) is 74.6 cm³/mol. The van der Waals surface area contributed by atoms with E-state index in [-0.39, 0.29) is 0 Å². The van der Waals surface area contributed by atoms with Crippen LogP contribution in [0.5, 0.6) is 0 Å². The van der Waals surface area contributed by atoms with E-state index in [1.165, 1.54) is 12.8 Å². The molecule has 17 heavy (non-hydrogen) atoms. The van der Waals surface area contributed by atoms with Gasteiger partial charge >= 0.3 is 0 Å². The van der Waals surface area contributed by atoms with Gasteiger partial charge in [-0.25, -0.2) is 9.97 Å². The molecule has 0 saturated heterocycles. The molecule has 2 aromatic rings. The summed E-state index contributed by atoms with van der Waals surface area (Å²) in [6, 6.07) is 2.00. The zero-order valence-electron chi connectivity index (χ0n) is 9.40. The molecule has 2 heterocycles. The Bertz CT molecular complexity index is 548. The third kappa shape index (κ3) is 2.21. The molecule has 1 aliphatic carbocycles. The number of hydrogen-bond donors (Lipinski definition) is 1. The van der Waals surface area contributed by atoms with E-state index in [9.17, 15) is 0 Å².